The molecule has 7 aliphatic heterocycles. The Bertz CT molecular complexity index is 1480. The minimum absolute atomic E-state index is 0.114. The van der Waals surface area contributed by atoms with Crippen LogP contribution in [-0.4, -0.2) is 11.8 Å². The fraction of sp³-hybridized carbons (Fsp3) is 0.0588. The van der Waals surface area contributed by atoms with Crippen LogP contribution in [0.1, 0.15) is 31.8 Å². The molecule has 0 spiro atoms. The predicted octanol–water partition coefficient (Wildman–Crippen LogP) is 6.86. The van der Waals surface area contributed by atoms with Crippen LogP contribution < -0.4 is 10.6 Å². The van der Waals surface area contributed by atoms with Crippen molar-refractivity contribution in [2.75, 3.05) is 0 Å². The molecule has 7 aliphatic rings. The van der Waals surface area contributed by atoms with Gasteiger partial charge in [-0.25, -0.2) is 0 Å². The van der Waals surface area contributed by atoms with Crippen LogP contribution in [0.5, 0.6) is 0 Å². The minimum Gasteiger partial charge on any atom is -0.348 e. The molecule has 0 saturated carbocycles. The monoisotopic (exact) mass is 494 g/mol. The molecule has 5 aromatic carbocycles. The van der Waals surface area contributed by atoms with Crippen molar-refractivity contribution >= 4 is 11.8 Å². The summed E-state index contributed by atoms with van der Waals surface area (Å²) in [6.07, 6.45) is 0. The van der Waals surface area contributed by atoms with Crippen LogP contribution in [0, 0.1) is 0 Å². The van der Waals surface area contributed by atoms with Gasteiger partial charge in [-0.15, -0.1) is 0 Å². The molecule has 0 fully saturated rings. The number of hydrogen-bond donors (Lipinski definition) is 2. The van der Waals surface area contributed by atoms with E-state index in [9.17, 15) is 9.59 Å². The molecule has 2 amide bonds. The zero-order valence-corrected chi connectivity index (χ0v) is 20.8. The lowest BCUT2D eigenvalue weighted by Crippen LogP contribution is -2.22. The summed E-state index contributed by atoms with van der Waals surface area (Å²) in [5.41, 5.74) is 9.77. The number of hydrogen-bond acceptors (Lipinski definition) is 2. The summed E-state index contributed by atoms with van der Waals surface area (Å²) >= 11 is 0. The number of benzene rings is 5. The van der Waals surface area contributed by atoms with Gasteiger partial charge in [-0.1, -0.05) is 91.0 Å². The Morgan fingerprint density at radius 3 is 1.08 bits per heavy atom. The van der Waals surface area contributed by atoms with Crippen LogP contribution in [0.2, 0.25) is 0 Å². The van der Waals surface area contributed by atoms with Crippen molar-refractivity contribution < 1.29 is 9.59 Å². The standard InChI is InChI=1S/C34H26N2O2/c37-33-29-16-12-25(13-17-29)26-14-18-30(19-15-26)34(38)36-22-24-6-10-28(11-7-24)32-3-1-2-31(20-32)27-8-4-23(5-9-27)21-35-33/h1-20H,21-22H2,(H,35,37)(H,36,38). The van der Waals surface area contributed by atoms with E-state index in [4.69, 9.17) is 0 Å². The van der Waals surface area contributed by atoms with Crippen molar-refractivity contribution in [2.45, 2.75) is 13.1 Å². The molecule has 4 heteroatoms. The molecule has 0 unspecified atom stereocenters. The molecule has 0 saturated heterocycles. The molecule has 4 nitrogen and oxygen atoms in total. The van der Waals surface area contributed by atoms with E-state index in [-0.39, 0.29) is 11.8 Å². The second-order valence-corrected chi connectivity index (χ2v) is 9.49. The molecule has 0 aromatic heterocycles. The SMILES string of the molecule is O=C1NCc2ccc(cc2)-c2cccc(c2)-c2ccc(cc2)CNC(=O)c2ccc(cc2)-c2ccc1cc2. The van der Waals surface area contributed by atoms with Gasteiger partial charge in [0.05, 0.1) is 0 Å². The maximum atomic E-state index is 12.7. The topological polar surface area (TPSA) is 58.2 Å². The Morgan fingerprint density at radius 1 is 0.368 bits per heavy atom. The molecule has 10 bridgehead atoms. The Hall–Kier alpha value is -4.96. The quantitative estimate of drug-likeness (QED) is 0.247. The first-order valence-electron chi connectivity index (χ1n) is 12.7. The van der Waals surface area contributed by atoms with Crippen LogP contribution in [0.3, 0.4) is 0 Å². The number of nitrogens with one attached hydrogen (secondary N) is 2. The summed E-state index contributed by atoms with van der Waals surface area (Å²) < 4.78 is 0. The third-order valence-corrected chi connectivity index (χ3v) is 6.97. The Balaban J connectivity index is 1.33. The van der Waals surface area contributed by atoms with Crippen LogP contribution in [0.4, 0.5) is 0 Å². The van der Waals surface area contributed by atoms with E-state index in [1.54, 1.807) is 0 Å². The van der Waals surface area contributed by atoms with Crippen molar-refractivity contribution in [1.82, 2.24) is 10.6 Å². The molecule has 184 valence electrons. The van der Waals surface area contributed by atoms with Gasteiger partial charge in [-0.2, -0.15) is 0 Å². The van der Waals surface area contributed by atoms with E-state index in [1.165, 1.54) is 0 Å². The average molecular weight is 495 g/mol. The zero-order chi connectivity index (χ0) is 25.9. The van der Waals surface area contributed by atoms with Gasteiger partial charge in [0.2, 0.25) is 0 Å². The maximum Gasteiger partial charge on any atom is 0.251 e. The Labute approximate surface area is 222 Å². The molecule has 12 rings (SSSR count). The number of amides is 2. The first-order valence-corrected chi connectivity index (χ1v) is 12.7. The van der Waals surface area contributed by atoms with E-state index in [1.807, 2.05) is 48.5 Å². The zero-order valence-electron chi connectivity index (χ0n) is 20.8. The van der Waals surface area contributed by atoms with Crippen LogP contribution in [-0.2, 0) is 13.1 Å². The first kappa shape index (κ1) is 23.4. The van der Waals surface area contributed by atoms with E-state index >= 15 is 0 Å². The summed E-state index contributed by atoms with van der Waals surface area (Å²) in [7, 11) is 0. The Morgan fingerprint density at radius 2 is 0.684 bits per heavy atom. The second kappa shape index (κ2) is 10.2. The molecular formula is C34H26N2O2. The van der Waals surface area contributed by atoms with Crippen LogP contribution >= 0.6 is 0 Å². The first-order chi connectivity index (χ1) is 18.6. The fourth-order valence-electron chi connectivity index (χ4n) is 4.71. The van der Waals surface area contributed by atoms with E-state index in [0.29, 0.717) is 24.2 Å². The average Bonchev–Trinajstić information content (AvgIpc) is 2.99. The van der Waals surface area contributed by atoms with Gasteiger partial charge in [0.25, 0.3) is 11.8 Å². The highest BCUT2D eigenvalue weighted by Crippen LogP contribution is 2.27. The summed E-state index contributed by atoms with van der Waals surface area (Å²) in [5.74, 6) is -0.228. The third-order valence-electron chi connectivity index (χ3n) is 6.97. The summed E-state index contributed by atoms with van der Waals surface area (Å²) in [6.45, 7) is 0.910. The lowest BCUT2D eigenvalue weighted by molar-refractivity contribution is 0.0943. The largest absolute Gasteiger partial charge is 0.348 e. The predicted molar refractivity (Wildman–Crippen MR) is 152 cm³/mol. The number of rotatable bonds is 0. The molecule has 0 aliphatic carbocycles. The van der Waals surface area contributed by atoms with Gasteiger partial charge >= 0.3 is 0 Å². The fourth-order valence-corrected chi connectivity index (χ4v) is 4.71. The van der Waals surface area contributed by atoms with E-state index in [0.717, 1.165) is 44.5 Å². The number of carbonyl (C=O) groups is 2. The lowest BCUT2D eigenvalue weighted by Gasteiger charge is -2.09. The summed E-state index contributed by atoms with van der Waals surface area (Å²) in [4.78, 5) is 25.5. The minimum atomic E-state index is -0.114. The molecule has 38 heavy (non-hydrogen) atoms. The third kappa shape index (κ3) is 4.97. The maximum absolute atomic E-state index is 12.7. The normalized spacial score (nSPS) is 13.1. The van der Waals surface area contributed by atoms with Gasteiger partial charge in [0.1, 0.15) is 0 Å². The van der Waals surface area contributed by atoms with Gasteiger partial charge in [-0.05, 0) is 74.8 Å². The van der Waals surface area contributed by atoms with Gasteiger partial charge in [0, 0.05) is 24.2 Å². The molecule has 7 heterocycles. The van der Waals surface area contributed by atoms with E-state index < -0.39 is 0 Å². The summed E-state index contributed by atoms with van der Waals surface area (Å²) in [6, 6.07) is 40.1. The van der Waals surface area contributed by atoms with Crippen LogP contribution in [0.25, 0.3) is 33.4 Å². The van der Waals surface area contributed by atoms with Crippen molar-refractivity contribution in [2.24, 2.45) is 0 Å². The highest BCUT2D eigenvalue weighted by Gasteiger charge is 2.10. The summed E-state index contributed by atoms with van der Waals surface area (Å²) in [5, 5.41) is 6.02. The highest BCUT2D eigenvalue weighted by atomic mass is 16.2. The molecule has 5 aromatic rings. The van der Waals surface area contributed by atoms with Gasteiger partial charge < -0.3 is 10.6 Å². The molecular weight excluding hydrogens is 468 g/mol. The van der Waals surface area contributed by atoms with Crippen molar-refractivity contribution in [3.05, 3.63) is 144 Å². The van der Waals surface area contributed by atoms with E-state index in [2.05, 4.69) is 83.4 Å². The Kier molecular flexibility index (Phi) is 6.29. The second-order valence-electron chi connectivity index (χ2n) is 9.49. The molecule has 2 N–H and O–H groups in total. The molecule has 0 radical (unpaired) electrons. The lowest BCUT2D eigenvalue weighted by atomic mass is 9.98. The smallest absolute Gasteiger partial charge is 0.251 e. The van der Waals surface area contributed by atoms with Crippen molar-refractivity contribution in [3.8, 4) is 33.4 Å². The highest BCUT2D eigenvalue weighted by molar-refractivity contribution is 5.95. The van der Waals surface area contributed by atoms with Gasteiger partial charge in [0.15, 0.2) is 0 Å². The van der Waals surface area contributed by atoms with Crippen molar-refractivity contribution in [3.63, 3.8) is 0 Å². The van der Waals surface area contributed by atoms with Crippen molar-refractivity contribution in [1.29, 1.82) is 0 Å². The van der Waals surface area contributed by atoms with Gasteiger partial charge in [-0.3, -0.25) is 9.59 Å². The number of carbonyl (C=O) groups excluding carboxylic acids is 2. The molecule has 0 atom stereocenters. The van der Waals surface area contributed by atoms with Crippen LogP contribution in [0.15, 0.2) is 121 Å².